The van der Waals surface area contributed by atoms with Gasteiger partial charge in [-0.15, -0.1) is 0 Å². The van der Waals surface area contributed by atoms with E-state index in [2.05, 4.69) is 11.6 Å². The van der Waals surface area contributed by atoms with Gasteiger partial charge in [0.15, 0.2) is 5.78 Å². The van der Waals surface area contributed by atoms with Crippen molar-refractivity contribution in [1.82, 2.24) is 4.98 Å². The molecule has 0 saturated heterocycles. The van der Waals surface area contributed by atoms with E-state index in [0.29, 0.717) is 5.57 Å². The Morgan fingerprint density at radius 2 is 1.48 bits per heavy atom. The van der Waals surface area contributed by atoms with Crippen molar-refractivity contribution < 1.29 is 9.53 Å². The molecule has 4 aromatic rings. The molecule has 0 radical (unpaired) electrons. The van der Waals surface area contributed by atoms with E-state index in [1.807, 2.05) is 97.1 Å². The van der Waals surface area contributed by atoms with Gasteiger partial charge in [-0.05, 0) is 23.3 Å². The summed E-state index contributed by atoms with van der Waals surface area (Å²) in [5, 5.41) is 1.07. The summed E-state index contributed by atoms with van der Waals surface area (Å²) in [5.41, 5.74) is 3.72. The molecule has 142 valence electrons. The third kappa shape index (κ3) is 4.31. The second-order valence-corrected chi connectivity index (χ2v) is 6.81. The first-order chi connectivity index (χ1) is 14.2. The SMILES string of the molecule is C=C(C(=O)C(OCc1ccc2ccccc2n1)c1ccccc1)c1ccccc1. The fraction of sp³-hybridized carbons (Fsp3) is 0.0769. The average molecular weight is 379 g/mol. The van der Waals surface area contributed by atoms with E-state index in [-0.39, 0.29) is 12.4 Å². The minimum atomic E-state index is -0.739. The Labute approximate surface area is 170 Å². The van der Waals surface area contributed by atoms with Crippen LogP contribution < -0.4 is 0 Å². The standard InChI is InChI=1S/C26H21NO2/c1-19(20-10-4-2-5-11-20)25(28)26(22-13-6-3-7-14-22)29-18-23-17-16-21-12-8-9-15-24(21)27-23/h2-17,26H,1,18H2. The zero-order chi connectivity index (χ0) is 20.1. The van der Waals surface area contributed by atoms with Crippen LogP contribution in [0.3, 0.4) is 0 Å². The number of carbonyl (C=O) groups excluding carboxylic acids is 1. The molecule has 1 unspecified atom stereocenters. The Morgan fingerprint density at radius 1 is 0.828 bits per heavy atom. The van der Waals surface area contributed by atoms with Crippen molar-refractivity contribution in [2.24, 2.45) is 0 Å². The molecule has 0 saturated carbocycles. The lowest BCUT2D eigenvalue weighted by Gasteiger charge is -2.19. The van der Waals surface area contributed by atoms with Crippen LogP contribution in [0.5, 0.6) is 0 Å². The highest BCUT2D eigenvalue weighted by molar-refractivity contribution is 6.22. The normalized spacial score (nSPS) is 11.9. The number of ether oxygens (including phenoxy) is 1. The van der Waals surface area contributed by atoms with Crippen LogP contribution >= 0.6 is 0 Å². The molecule has 0 aliphatic heterocycles. The Bertz CT molecular complexity index is 1140. The summed E-state index contributed by atoms with van der Waals surface area (Å²) in [7, 11) is 0. The molecule has 3 aromatic carbocycles. The van der Waals surface area contributed by atoms with Crippen LogP contribution in [0.4, 0.5) is 0 Å². The maximum absolute atomic E-state index is 13.2. The average Bonchev–Trinajstić information content (AvgIpc) is 2.79. The van der Waals surface area contributed by atoms with Crippen LogP contribution in [0.2, 0.25) is 0 Å². The number of nitrogens with zero attached hydrogens (tertiary/aromatic N) is 1. The summed E-state index contributed by atoms with van der Waals surface area (Å²) in [5.74, 6) is -0.150. The lowest BCUT2D eigenvalue weighted by molar-refractivity contribution is -0.126. The molecule has 1 heterocycles. The van der Waals surface area contributed by atoms with Gasteiger partial charge in [0.05, 0.1) is 17.8 Å². The van der Waals surface area contributed by atoms with Gasteiger partial charge in [0, 0.05) is 11.0 Å². The fourth-order valence-corrected chi connectivity index (χ4v) is 3.25. The van der Waals surface area contributed by atoms with Crippen molar-refractivity contribution in [3.63, 3.8) is 0 Å². The molecule has 4 rings (SSSR count). The molecule has 29 heavy (non-hydrogen) atoms. The summed E-state index contributed by atoms with van der Waals surface area (Å²) in [6.07, 6.45) is -0.739. The van der Waals surface area contributed by atoms with Crippen LogP contribution in [0.15, 0.2) is 104 Å². The molecule has 0 spiro atoms. The highest BCUT2D eigenvalue weighted by Crippen LogP contribution is 2.27. The maximum atomic E-state index is 13.2. The number of para-hydroxylation sites is 1. The lowest BCUT2D eigenvalue weighted by Crippen LogP contribution is -2.17. The van der Waals surface area contributed by atoms with Crippen molar-refractivity contribution in [2.45, 2.75) is 12.7 Å². The molecule has 0 aliphatic carbocycles. The van der Waals surface area contributed by atoms with Gasteiger partial charge in [-0.2, -0.15) is 0 Å². The molecule has 3 nitrogen and oxygen atoms in total. The zero-order valence-electron chi connectivity index (χ0n) is 16.0. The van der Waals surface area contributed by atoms with Crippen LogP contribution in [0.25, 0.3) is 16.5 Å². The monoisotopic (exact) mass is 379 g/mol. The van der Waals surface area contributed by atoms with E-state index in [9.17, 15) is 4.79 Å². The molecule has 1 aromatic heterocycles. The van der Waals surface area contributed by atoms with Gasteiger partial charge < -0.3 is 4.74 Å². The molecule has 1 atom stereocenters. The number of ketones is 1. The second-order valence-electron chi connectivity index (χ2n) is 6.81. The lowest BCUT2D eigenvalue weighted by atomic mass is 9.96. The maximum Gasteiger partial charge on any atom is 0.196 e. The van der Waals surface area contributed by atoms with E-state index in [1.165, 1.54) is 0 Å². The van der Waals surface area contributed by atoms with Crippen molar-refractivity contribution in [3.05, 3.63) is 120 Å². The zero-order valence-corrected chi connectivity index (χ0v) is 16.0. The van der Waals surface area contributed by atoms with E-state index >= 15 is 0 Å². The van der Waals surface area contributed by atoms with Crippen molar-refractivity contribution in [2.75, 3.05) is 0 Å². The first-order valence-corrected chi connectivity index (χ1v) is 9.52. The molecule has 0 aliphatic rings. The summed E-state index contributed by atoms with van der Waals surface area (Å²) in [6, 6.07) is 30.9. The number of pyridine rings is 1. The summed E-state index contributed by atoms with van der Waals surface area (Å²) in [4.78, 5) is 17.9. The van der Waals surface area contributed by atoms with Crippen LogP contribution in [0.1, 0.15) is 22.9 Å². The van der Waals surface area contributed by atoms with Gasteiger partial charge in [0.25, 0.3) is 0 Å². The first kappa shape index (κ1) is 18.8. The molecular weight excluding hydrogens is 358 g/mol. The van der Waals surface area contributed by atoms with Crippen LogP contribution in [-0.2, 0) is 16.1 Å². The highest BCUT2D eigenvalue weighted by Gasteiger charge is 2.24. The molecular formula is C26H21NO2. The molecule has 3 heteroatoms. The van der Waals surface area contributed by atoms with Crippen molar-refractivity contribution in [3.8, 4) is 0 Å². The third-order valence-electron chi connectivity index (χ3n) is 4.81. The van der Waals surface area contributed by atoms with Gasteiger partial charge in [-0.1, -0.05) is 91.5 Å². The second kappa shape index (κ2) is 8.63. The summed E-state index contributed by atoms with van der Waals surface area (Å²) in [6.45, 7) is 4.26. The third-order valence-corrected chi connectivity index (χ3v) is 4.81. The van der Waals surface area contributed by atoms with Gasteiger partial charge in [-0.25, -0.2) is 0 Å². The van der Waals surface area contributed by atoms with Crippen molar-refractivity contribution in [1.29, 1.82) is 0 Å². The van der Waals surface area contributed by atoms with Gasteiger partial charge >= 0.3 is 0 Å². The smallest absolute Gasteiger partial charge is 0.196 e. The Balaban J connectivity index is 1.59. The minimum Gasteiger partial charge on any atom is -0.359 e. The predicted octanol–water partition coefficient (Wildman–Crippen LogP) is 5.78. The van der Waals surface area contributed by atoms with E-state index in [0.717, 1.165) is 27.7 Å². The number of rotatable bonds is 7. The number of aromatic nitrogens is 1. The largest absolute Gasteiger partial charge is 0.359 e. The summed E-state index contributed by atoms with van der Waals surface area (Å²) >= 11 is 0. The summed E-state index contributed by atoms with van der Waals surface area (Å²) < 4.78 is 6.09. The van der Waals surface area contributed by atoms with Crippen molar-refractivity contribution >= 4 is 22.3 Å². The van der Waals surface area contributed by atoms with E-state index in [4.69, 9.17) is 4.74 Å². The Morgan fingerprint density at radius 3 is 2.24 bits per heavy atom. The fourth-order valence-electron chi connectivity index (χ4n) is 3.25. The first-order valence-electron chi connectivity index (χ1n) is 9.52. The number of hydrogen-bond donors (Lipinski definition) is 0. The van der Waals surface area contributed by atoms with Gasteiger partial charge in [0.1, 0.15) is 6.10 Å². The molecule has 0 N–H and O–H groups in total. The van der Waals surface area contributed by atoms with E-state index < -0.39 is 6.10 Å². The molecule has 0 bridgehead atoms. The number of fused-ring (bicyclic) bond motifs is 1. The van der Waals surface area contributed by atoms with Crippen LogP contribution in [0, 0.1) is 0 Å². The van der Waals surface area contributed by atoms with Gasteiger partial charge in [-0.3, -0.25) is 9.78 Å². The molecule has 0 amide bonds. The van der Waals surface area contributed by atoms with Crippen LogP contribution in [-0.4, -0.2) is 10.8 Å². The Kier molecular flexibility index (Phi) is 5.59. The van der Waals surface area contributed by atoms with E-state index in [1.54, 1.807) is 0 Å². The molecule has 0 fully saturated rings. The Hall–Kier alpha value is -3.56. The number of Topliss-reactive ketones (excluding diaryl/α,β-unsaturated/α-hetero) is 1. The minimum absolute atomic E-state index is 0.150. The van der Waals surface area contributed by atoms with Gasteiger partial charge in [0.2, 0.25) is 0 Å². The topological polar surface area (TPSA) is 39.2 Å². The highest BCUT2D eigenvalue weighted by atomic mass is 16.5. The predicted molar refractivity (Wildman–Crippen MR) is 116 cm³/mol. The number of benzene rings is 3. The quantitative estimate of drug-likeness (QED) is 0.382. The number of hydrogen-bond acceptors (Lipinski definition) is 3. The number of carbonyl (C=O) groups is 1.